The molecule has 0 heterocycles. The number of amides is 2. The first-order chi connectivity index (χ1) is 5.13. The summed E-state index contributed by atoms with van der Waals surface area (Å²) in [5, 5.41) is 10.4. The van der Waals surface area contributed by atoms with E-state index in [0.29, 0.717) is 13.0 Å². The Balaban J connectivity index is 3.27. The van der Waals surface area contributed by atoms with Crippen LogP contribution in [0.4, 0.5) is 4.79 Å². The van der Waals surface area contributed by atoms with Gasteiger partial charge in [0.25, 0.3) is 0 Å². The van der Waals surface area contributed by atoms with Crippen LogP contribution in [0.2, 0.25) is 0 Å². The second-order valence-corrected chi connectivity index (χ2v) is 1.82. The van der Waals surface area contributed by atoms with Gasteiger partial charge in [-0.2, -0.15) is 0 Å². The van der Waals surface area contributed by atoms with Gasteiger partial charge < -0.3 is 16.2 Å². The first kappa shape index (κ1) is 9.48. The molecule has 0 saturated carbocycles. The van der Waals surface area contributed by atoms with Crippen molar-refractivity contribution in [2.45, 2.75) is 6.42 Å². The smallest absolute Gasteiger partial charge is 0.327 e. The Morgan fingerprint density at radius 2 is 2.18 bits per heavy atom. The number of carboxylic acids is 1. The number of rotatable bonds is 4. The van der Waals surface area contributed by atoms with Crippen LogP contribution < -0.4 is 11.1 Å². The molecule has 0 saturated heterocycles. The van der Waals surface area contributed by atoms with Crippen molar-refractivity contribution in [3.63, 3.8) is 0 Å². The van der Waals surface area contributed by atoms with Gasteiger partial charge in [-0.3, -0.25) is 0 Å². The molecule has 0 fully saturated rings. The molecule has 5 heteroatoms. The molecule has 0 radical (unpaired) electrons. The fraction of sp³-hybridized carbons (Fsp3) is 0.333. The van der Waals surface area contributed by atoms with Crippen molar-refractivity contribution < 1.29 is 14.7 Å². The summed E-state index contributed by atoms with van der Waals surface area (Å²) in [6.07, 6.45) is 2.93. The number of carboxylic acid groups (broad SMARTS) is 1. The molecule has 0 rings (SSSR count). The highest BCUT2D eigenvalue weighted by Gasteiger charge is 1.88. The maximum atomic E-state index is 10.1. The molecule has 4 N–H and O–H groups in total. The topological polar surface area (TPSA) is 92.4 Å². The van der Waals surface area contributed by atoms with Crippen molar-refractivity contribution in [2.75, 3.05) is 6.54 Å². The van der Waals surface area contributed by atoms with Crippen LogP contribution >= 0.6 is 0 Å². The highest BCUT2D eigenvalue weighted by atomic mass is 16.4. The lowest BCUT2D eigenvalue weighted by Crippen LogP contribution is -2.29. The number of nitrogens with two attached hydrogens (primary N) is 1. The molecule has 0 atom stereocenters. The fourth-order valence-corrected chi connectivity index (χ4v) is 0.463. The summed E-state index contributed by atoms with van der Waals surface area (Å²) in [6.45, 7) is 0.360. The van der Waals surface area contributed by atoms with Gasteiger partial charge in [0.15, 0.2) is 0 Å². The van der Waals surface area contributed by atoms with Crippen molar-refractivity contribution in [2.24, 2.45) is 5.73 Å². The molecule has 5 nitrogen and oxygen atoms in total. The number of hydrogen-bond acceptors (Lipinski definition) is 2. The van der Waals surface area contributed by atoms with Crippen LogP contribution in [0.5, 0.6) is 0 Å². The van der Waals surface area contributed by atoms with E-state index in [4.69, 9.17) is 10.8 Å². The van der Waals surface area contributed by atoms with E-state index in [1.807, 2.05) is 0 Å². The number of urea groups is 1. The summed E-state index contributed by atoms with van der Waals surface area (Å²) >= 11 is 0. The standard InChI is InChI=1S/C6H10N2O3/c7-6(11)8-4-2-1-3-5(9)10/h1,3H,2,4H2,(H,9,10)(H3,7,8,11). The summed E-state index contributed by atoms with van der Waals surface area (Å²) in [5.41, 5.74) is 4.74. The minimum atomic E-state index is -0.996. The number of carbonyl (C=O) groups excluding carboxylic acids is 1. The van der Waals surface area contributed by atoms with Gasteiger partial charge in [-0.25, -0.2) is 9.59 Å². The first-order valence-corrected chi connectivity index (χ1v) is 3.05. The average Bonchev–Trinajstić information content (AvgIpc) is 1.85. The quantitative estimate of drug-likeness (QED) is 0.387. The number of primary amides is 1. The molecule has 0 aromatic heterocycles. The molecule has 0 bridgehead atoms. The second kappa shape index (κ2) is 5.28. The maximum absolute atomic E-state index is 10.1. The van der Waals surface area contributed by atoms with Gasteiger partial charge in [0.05, 0.1) is 0 Å². The van der Waals surface area contributed by atoms with Crippen LogP contribution in [0, 0.1) is 0 Å². The number of carbonyl (C=O) groups is 2. The van der Waals surface area contributed by atoms with Gasteiger partial charge in [-0.05, 0) is 6.42 Å². The highest BCUT2D eigenvalue weighted by molar-refractivity contribution is 5.79. The van der Waals surface area contributed by atoms with Crippen molar-refractivity contribution in [1.29, 1.82) is 0 Å². The van der Waals surface area contributed by atoms with Gasteiger partial charge in [0.1, 0.15) is 0 Å². The van der Waals surface area contributed by atoms with Crippen molar-refractivity contribution in [1.82, 2.24) is 5.32 Å². The van der Waals surface area contributed by atoms with Crippen molar-refractivity contribution in [3.05, 3.63) is 12.2 Å². The Bertz CT molecular complexity index is 177. The lowest BCUT2D eigenvalue weighted by atomic mass is 10.4. The molecule has 11 heavy (non-hydrogen) atoms. The fourth-order valence-electron chi connectivity index (χ4n) is 0.463. The lowest BCUT2D eigenvalue weighted by Gasteiger charge is -1.95. The third kappa shape index (κ3) is 8.48. The van der Waals surface area contributed by atoms with Crippen molar-refractivity contribution in [3.8, 4) is 0 Å². The normalized spacial score (nSPS) is 9.82. The van der Waals surface area contributed by atoms with E-state index in [0.717, 1.165) is 6.08 Å². The number of hydrogen-bond donors (Lipinski definition) is 3. The zero-order valence-corrected chi connectivity index (χ0v) is 5.91. The lowest BCUT2D eigenvalue weighted by molar-refractivity contribution is -0.131. The molecule has 0 aliphatic heterocycles. The highest BCUT2D eigenvalue weighted by Crippen LogP contribution is 1.79. The Kier molecular flexibility index (Phi) is 4.55. The van der Waals surface area contributed by atoms with E-state index in [2.05, 4.69) is 5.32 Å². The summed E-state index contributed by atoms with van der Waals surface area (Å²) in [5.74, 6) is -0.996. The molecule has 0 aromatic carbocycles. The third-order valence-electron chi connectivity index (χ3n) is 0.871. The Morgan fingerprint density at radius 1 is 1.55 bits per heavy atom. The van der Waals surface area contributed by atoms with Crippen LogP contribution in [-0.2, 0) is 4.79 Å². The Hall–Kier alpha value is -1.52. The molecule has 0 unspecified atom stereocenters. The number of aliphatic carboxylic acids is 1. The van der Waals surface area contributed by atoms with Crippen molar-refractivity contribution >= 4 is 12.0 Å². The summed E-state index contributed by atoms with van der Waals surface area (Å²) in [7, 11) is 0. The molecule has 0 spiro atoms. The predicted octanol–water partition coefficient (Wildman–Crippen LogP) is -0.314. The van der Waals surface area contributed by atoms with Gasteiger partial charge in [-0.1, -0.05) is 6.08 Å². The molecular formula is C6H10N2O3. The van der Waals surface area contributed by atoms with Gasteiger partial charge >= 0.3 is 12.0 Å². The van der Waals surface area contributed by atoms with E-state index >= 15 is 0 Å². The number of nitrogens with one attached hydrogen (secondary N) is 1. The van der Waals surface area contributed by atoms with E-state index in [9.17, 15) is 9.59 Å². The summed E-state index contributed by atoms with van der Waals surface area (Å²) < 4.78 is 0. The molecule has 0 aliphatic carbocycles. The van der Waals surface area contributed by atoms with E-state index in [1.54, 1.807) is 0 Å². The maximum Gasteiger partial charge on any atom is 0.327 e. The predicted molar refractivity (Wildman–Crippen MR) is 39.0 cm³/mol. The largest absolute Gasteiger partial charge is 0.478 e. The van der Waals surface area contributed by atoms with Crippen LogP contribution in [0.15, 0.2) is 12.2 Å². The Morgan fingerprint density at radius 3 is 2.64 bits per heavy atom. The second-order valence-electron chi connectivity index (χ2n) is 1.82. The van der Waals surface area contributed by atoms with Gasteiger partial charge in [0, 0.05) is 12.6 Å². The van der Waals surface area contributed by atoms with E-state index in [-0.39, 0.29) is 0 Å². The minimum absolute atomic E-state index is 0.360. The van der Waals surface area contributed by atoms with Crippen LogP contribution in [0.3, 0.4) is 0 Å². The molecular weight excluding hydrogens is 148 g/mol. The van der Waals surface area contributed by atoms with Crippen LogP contribution in [-0.4, -0.2) is 23.7 Å². The molecule has 2 amide bonds. The van der Waals surface area contributed by atoms with Gasteiger partial charge in [-0.15, -0.1) is 0 Å². The third-order valence-corrected chi connectivity index (χ3v) is 0.871. The average molecular weight is 158 g/mol. The molecule has 0 aromatic rings. The summed E-state index contributed by atoms with van der Waals surface area (Å²) in [6, 6.07) is -0.603. The zero-order chi connectivity index (χ0) is 8.69. The van der Waals surface area contributed by atoms with Crippen LogP contribution in [0.1, 0.15) is 6.42 Å². The SMILES string of the molecule is NC(=O)NCCC=CC(=O)O. The first-order valence-electron chi connectivity index (χ1n) is 3.05. The van der Waals surface area contributed by atoms with Gasteiger partial charge in [0.2, 0.25) is 0 Å². The minimum Gasteiger partial charge on any atom is -0.478 e. The van der Waals surface area contributed by atoms with Crippen LogP contribution in [0.25, 0.3) is 0 Å². The monoisotopic (exact) mass is 158 g/mol. The zero-order valence-electron chi connectivity index (χ0n) is 5.91. The molecule has 0 aliphatic rings. The van der Waals surface area contributed by atoms with E-state index in [1.165, 1.54) is 6.08 Å². The molecule has 62 valence electrons. The summed E-state index contributed by atoms with van der Waals surface area (Å²) in [4.78, 5) is 20.0. The Labute approximate surface area is 63.9 Å². The van der Waals surface area contributed by atoms with E-state index < -0.39 is 12.0 Å².